The van der Waals surface area contributed by atoms with E-state index in [1.807, 2.05) is 0 Å². The molecular formula is C34H44ClN5O9S. The summed E-state index contributed by atoms with van der Waals surface area (Å²) in [5.41, 5.74) is -2.39. The van der Waals surface area contributed by atoms with Crippen molar-refractivity contribution in [1.29, 1.82) is 0 Å². The molecule has 5 atom stereocenters. The first-order valence-electron chi connectivity index (χ1n) is 16.5. The van der Waals surface area contributed by atoms with Crippen LogP contribution in [0.1, 0.15) is 60.3 Å². The van der Waals surface area contributed by atoms with E-state index in [0.29, 0.717) is 34.4 Å². The summed E-state index contributed by atoms with van der Waals surface area (Å²) in [5, 5.41) is 6.41. The van der Waals surface area contributed by atoms with Crippen molar-refractivity contribution in [3.63, 3.8) is 0 Å². The molecule has 2 aliphatic carbocycles. The quantitative estimate of drug-likeness (QED) is 0.273. The molecule has 1 aromatic carbocycles. The zero-order valence-electron chi connectivity index (χ0n) is 28.9. The first kappa shape index (κ1) is 37.2. The Balaban J connectivity index is 1.44. The molecule has 272 valence electrons. The molecule has 4 amide bonds. The first-order valence-corrected chi connectivity index (χ1v) is 18.4. The number of fused-ring (bicyclic) bond motifs is 1. The zero-order chi connectivity index (χ0) is 36.8. The molecular weight excluding hydrogens is 690 g/mol. The van der Waals surface area contributed by atoms with Gasteiger partial charge in [0.15, 0.2) is 0 Å². The molecule has 50 heavy (non-hydrogen) atoms. The van der Waals surface area contributed by atoms with Crippen molar-refractivity contribution in [3.05, 3.63) is 42.1 Å². The van der Waals surface area contributed by atoms with Crippen molar-refractivity contribution in [2.75, 3.05) is 13.7 Å². The fraction of sp³-hybridized carbons (Fsp3) is 0.559. The van der Waals surface area contributed by atoms with Crippen molar-refractivity contribution in [3.8, 4) is 11.6 Å². The molecule has 5 unspecified atom stereocenters. The number of aromatic nitrogens is 1. The minimum absolute atomic E-state index is 0.0125. The number of nitrogens with zero attached hydrogens (tertiary/aromatic N) is 2. The van der Waals surface area contributed by atoms with Gasteiger partial charge in [-0.15, -0.1) is 6.58 Å². The average molecular weight is 734 g/mol. The van der Waals surface area contributed by atoms with Crippen molar-refractivity contribution < 1.29 is 41.8 Å². The summed E-state index contributed by atoms with van der Waals surface area (Å²) in [4.78, 5) is 60.3. The number of methoxy groups -OCH3 is 1. The first-order chi connectivity index (χ1) is 23.4. The lowest BCUT2D eigenvalue weighted by Gasteiger charge is -2.31. The van der Waals surface area contributed by atoms with E-state index >= 15 is 0 Å². The highest BCUT2D eigenvalue weighted by atomic mass is 35.5. The number of likely N-dealkylation sites (tertiary alicyclic amines) is 1. The molecule has 0 radical (unpaired) electrons. The molecule has 0 spiro atoms. The van der Waals surface area contributed by atoms with E-state index in [9.17, 15) is 27.6 Å². The van der Waals surface area contributed by atoms with Crippen LogP contribution in [-0.4, -0.2) is 90.3 Å². The Morgan fingerprint density at radius 3 is 2.44 bits per heavy atom. The number of sulfonamides is 1. The summed E-state index contributed by atoms with van der Waals surface area (Å²) in [6.45, 7) is 12.2. The molecule has 0 bridgehead atoms. The van der Waals surface area contributed by atoms with Crippen LogP contribution >= 0.6 is 11.6 Å². The second-order valence-corrected chi connectivity index (χ2v) is 16.8. The van der Waals surface area contributed by atoms with Gasteiger partial charge in [-0.3, -0.25) is 19.1 Å². The van der Waals surface area contributed by atoms with Gasteiger partial charge in [0.1, 0.15) is 35.1 Å². The van der Waals surface area contributed by atoms with Crippen LogP contribution in [0.25, 0.3) is 10.8 Å². The average Bonchev–Trinajstić information content (AvgIpc) is 3.95. The number of alkyl carbamates (subject to hydrolysis) is 1. The second kappa shape index (κ2) is 13.9. The molecule has 14 nitrogen and oxygen atoms in total. The van der Waals surface area contributed by atoms with Gasteiger partial charge in [0.25, 0.3) is 5.91 Å². The third-order valence-corrected chi connectivity index (χ3v) is 11.0. The van der Waals surface area contributed by atoms with E-state index in [-0.39, 0.29) is 25.3 Å². The van der Waals surface area contributed by atoms with Crippen LogP contribution in [0.4, 0.5) is 4.79 Å². The lowest BCUT2D eigenvalue weighted by Crippen LogP contribution is -2.59. The Bertz CT molecular complexity index is 1810. The summed E-state index contributed by atoms with van der Waals surface area (Å²) < 4.78 is 44.6. The van der Waals surface area contributed by atoms with Crippen LogP contribution in [0.3, 0.4) is 0 Å². The van der Waals surface area contributed by atoms with E-state index in [2.05, 4.69) is 26.9 Å². The molecule has 1 saturated heterocycles. The number of carbonyl (C=O) groups is 4. The van der Waals surface area contributed by atoms with Crippen LogP contribution in [-0.2, 0) is 29.1 Å². The normalized spacial score (nSPS) is 23.9. The van der Waals surface area contributed by atoms with E-state index in [0.717, 1.165) is 0 Å². The maximum Gasteiger partial charge on any atom is 0.408 e. The Kier molecular flexibility index (Phi) is 10.3. The van der Waals surface area contributed by atoms with E-state index in [1.54, 1.807) is 52.8 Å². The fourth-order valence-electron chi connectivity index (χ4n) is 6.10. The van der Waals surface area contributed by atoms with E-state index < -0.39 is 80.3 Å². The van der Waals surface area contributed by atoms with Crippen molar-refractivity contribution >= 4 is 56.2 Å². The molecule has 5 rings (SSSR count). The van der Waals surface area contributed by atoms with Crippen LogP contribution < -0.4 is 24.8 Å². The van der Waals surface area contributed by atoms with Gasteiger partial charge < -0.3 is 29.7 Å². The molecule has 3 aliphatic rings. The fourth-order valence-corrected chi connectivity index (χ4v) is 7.64. The van der Waals surface area contributed by atoms with Crippen molar-refractivity contribution in [2.24, 2.45) is 11.8 Å². The summed E-state index contributed by atoms with van der Waals surface area (Å²) in [6.07, 6.45) is 2.43. The van der Waals surface area contributed by atoms with Gasteiger partial charge in [0.05, 0.1) is 25.1 Å². The van der Waals surface area contributed by atoms with Gasteiger partial charge in [-0.2, -0.15) is 0 Å². The lowest BCUT2D eigenvalue weighted by atomic mass is 10.0. The highest BCUT2D eigenvalue weighted by molar-refractivity contribution is 7.91. The highest BCUT2D eigenvalue weighted by Gasteiger charge is 2.62. The van der Waals surface area contributed by atoms with Gasteiger partial charge in [-0.25, -0.2) is 18.2 Å². The minimum Gasteiger partial charge on any atom is -0.494 e. The van der Waals surface area contributed by atoms with Gasteiger partial charge in [0, 0.05) is 28.1 Å². The molecule has 1 aliphatic heterocycles. The predicted molar refractivity (Wildman–Crippen MR) is 185 cm³/mol. The molecule has 2 heterocycles. The van der Waals surface area contributed by atoms with Gasteiger partial charge >= 0.3 is 6.09 Å². The topological polar surface area (TPSA) is 182 Å². The lowest BCUT2D eigenvalue weighted by molar-refractivity contribution is -0.141. The zero-order valence-corrected chi connectivity index (χ0v) is 30.5. The number of amides is 4. The Morgan fingerprint density at radius 2 is 1.86 bits per heavy atom. The maximum absolute atomic E-state index is 14.2. The van der Waals surface area contributed by atoms with Crippen molar-refractivity contribution in [2.45, 2.75) is 94.9 Å². The number of hydrogen-bond acceptors (Lipinski definition) is 10. The number of ether oxygens (including phenoxy) is 3. The summed E-state index contributed by atoms with van der Waals surface area (Å²) >= 11 is 6.30. The number of benzene rings is 1. The number of rotatable bonds is 12. The predicted octanol–water partition coefficient (Wildman–Crippen LogP) is 3.46. The van der Waals surface area contributed by atoms with Crippen LogP contribution in [0, 0.1) is 11.8 Å². The number of pyridine rings is 1. The third kappa shape index (κ3) is 7.93. The molecule has 1 aromatic heterocycles. The van der Waals surface area contributed by atoms with Gasteiger partial charge in [-0.05, 0) is 64.2 Å². The Morgan fingerprint density at radius 1 is 1.16 bits per heavy atom. The summed E-state index contributed by atoms with van der Waals surface area (Å²) in [6, 6.07) is 2.88. The monoisotopic (exact) mass is 733 g/mol. The second-order valence-electron chi connectivity index (χ2n) is 14.4. The Labute approximate surface area is 296 Å². The van der Waals surface area contributed by atoms with E-state index in [1.165, 1.54) is 24.3 Å². The summed E-state index contributed by atoms with van der Waals surface area (Å²) in [5.74, 6) is -2.37. The molecule has 2 saturated carbocycles. The van der Waals surface area contributed by atoms with Gasteiger partial charge in [-0.1, -0.05) is 31.5 Å². The molecule has 16 heteroatoms. The standard InChI is InChI=1S/C34H44ClN5O9S/c1-8-19-15-34(19,31(43)39-50(45,46)22-10-11-22)38-28(41)25-14-21(48-29-24-13-20(35)9-12-23(24)26(47-7)16-36-29)17-40(25)30(42)27(18(2)3)37-32(44)49-33(4,5)6/h8-9,12-13,16,18-19,21-22,25,27H,1,10-11,14-15,17H2,2-7H3,(H,37,44)(H,38,41)(H,39,43). The smallest absolute Gasteiger partial charge is 0.408 e. The number of halogens is 1. The summed E-state index contributed by atoms with van der Waals surface area (Å²) in [7, 11) is -2.39. The van der Waals surface area contributed by atoms with Gasteiger partial charge in [0.2, 0.25) is 27.7 Å². The third-order valence-electron chi connectivity index (χ3n) is 8.98. The number of carbonyl (C=O) groups excluding carboxylic acids is 4. The highest BCUT2D eigenvalue weighted by Crippen LogP contribution is 2.45. The Hall–Kier alpha value is -4.11. The molecule has 2 aromatic rings. The SMILES string of the molecule is C=CC1CC1(NC(=O)C1CC(Oc2ncc(OC)c3ccc(Cl)cc23)CN1C(=O)C(NC(=O)OC(C)(C)C)C(C)C)C(=O)NS(=O)(=O)C1CC1. The van der Waals surface area contributed by atoms with Crippen LogP contribution in [0.15, 0.2) is 37.1 Å². The largest absolute Gasteiger partial charge is 0.494 e. The number of hydrogen-bond donors (Lipinski definition) is 3. The number of nitrogens with one attached hydrogen (secondary N) is 3. The minimum atomic E-state index is -3.90. The van der Waals surface area contributed by atoms with Crippen LogP contribution in [0.5, 0.6) is 11.6 Å². The molecule has 3 fully saturated rings. The van der Waals surface area contributed by atoms with E-state index in [4.69, 9.17) is 25.8 Å². The van der Waals surface area contributed by atoms with Crippen LogP contribution in [0.2, 0.25) is 5.02 Å². The maximum atomic E-state index is 14.2. The van der Waals surface area contributed by atoms with Crippen molar-refractivity contribution in [1.82, 2.24) is 25.2 Å². The molecule has 3 N–H and O–H groups in total.